The topological polar surface area (TPSA) is 0 Å². The zero-order chi connectivity index (χ0) is 3.72. The van der Waals surface area contributed by atoms with Gasteiger partial charge in [-0.25, -0.2) is 0 Å². The molecule has 0 nitrogen and oxygen atoms in total. The van der Waals surface area contributed by atoms with Crippen molar-refractivity contribution in [2.24, 2.45) is 23.7 Å². The van der Waals surface area contributed by atoms with Gasteiger partial charge in [-0.2, -0.15) is 0 Å². The number of hydrogen-bond acceptors (Lipinski definition) is 0. The van der Waals surface area contributed by atoms with E-state index >= 15 is 0 Å². The first-order chi connectivity index (χ1) is 2.97. The van der Waals surface area contributed by atoms with Gasteiger partial charge >= 0.3 is 0 Å². The molecule has 0 spiro atoms. The molecule has 0 bridgehead atoms. The van der Waals surface area contributed by atoms with Crippen LogP contribution in [0.4, 0.5) is 0 Å². The molecule has 0 aromatic heterocycles. The highest BCUT2D eigenvalue weighted by Crippen LogP contribution is 2.77. The van der Waals surface area contributed by atoms with Crippen LogP contribution in [0.1, 0.15) is 12.8 Å². The smallest absolute Gasteiger partial charge is 0.0323 e. The van der Waals surface area contributed by atoms with E-state index in [1.807, 2.05) is 0 Å². The first-order valence-electron chi connectivity index (χ1n) is 2.97. The molecule has 3 aliphatic rings. The van der Waals surface area contributed by atoms with E-state index in [1.54, 1.807) is 12.8 Å². The molecule has 3 saturated carbocycles. The summed E-state index contributed by atoms with van der Waals surface area (Å²) in [5.41, 5.74) is 0. The Morgan fingerprint density at radius 1 is 1.00 bits per heavy atom. The van der Waals surface area contributed by atoms with Crippen molar-refractivity contribution in [1.29, 1.82) is 0 Å². The third-order valence-electron chi connectivity index (χ3n) is 3.09. The molecule has 0 heterocycles. The van der Waals surface area contributed by atoms with Crippen LogP contribution in [0.2, 0.25) is 0 Å². The van der Waals surface area contributed by atoms with Crippen molar-refractivity contribution in [2.45, 2.75) is 12.8 Å². The van der Waals surface area contributed by atoms with Crippen LogP contribution in [-0.4, -0.2) is 0 Å². The Hall–Kier alpha value is 0. The van der Waals surface area contributed by atoms with Crippen molar-refractivity contribution >= 4 is 0 Å². The van der Waals surface area contributed by atoms with Gasteiger partial charge in [-0.1, -0.05) is 0 Å². The van der Waals surface area contributed by atoms with Crippen molar-refractivity contribution in [3.63, 3.8) is 0 Å². The van der Waals surface area contributed by atoms with Gasteiger partial charge in [0.05, 0.1) is 0 Å². The molecule has 0 aromatic rings. The van der Waals surface area contributed by atoms with Gasteiger partial charge in [-0.3, -0.25) is 0 Å². The standard InChI is InChI=1S/C6H8/c1-3-2-5-4(1)6(3)5/h3-6H,1-2H2. The van der Waals surface area contributed by atoms with Gasteiger partial charge in [0.15, 0.2) is 0 Å². The Bertz CT molecular complexity index is 77.5. The highest BCUT2D eigenvalue weighted by Gasteiger charge is 2.71. The lowest BCUT2D eigenvalue weighted by molar-refractivity contribution is 0.234. The fourth-order valence-electron chi connectivity index (χ4n) is 2.56. The monoisotopic (exact) mass is 80.1 g/mol. The summed E-state index contributed by atoms with van der Waals surface area (Å²) >= 11 is 0. The van der Waals surface area contributed by atoms with Crippen LogP contribution in [0.25, 0.3) is 0 Å². The van der Waals surface area contributed by atoms with Gasteiger partial charge in [-0.05, 0) is 36.5 Å². The fourth-order valence-corrected chi connectivity index (χ4v) is 2.56. The van der Waals surface area contributed by atoms with E-state index in [0.29, 0.717) is 0 Å². The van der Waals surface area contributed by atoms with Crippen LogP contribution >= 0.6 is 0 Å². The zero-order valence-electron chi connectivity index (χ0n) is 3.72. The third kappa shape index (κ3) is 0.0744. The average Bonchev–Trinajstić information content (AvgIpc) is 2.03. The van der Waals surface area contributed by atoms with Gasteiger partial charge in [0.25, 0.3) is 0 Å². The minimum Gasteiger partial charge on any atom is -0.0467 e. The number of rotatable bonds is 0. The van der Waals surface area contributed by atoms with Crippen LogP contribution in [0, 0.1) is 23.7 Å². The summed E-state index contributed by atoms with van der Waals surface area (Å²) in [6.07, 6.45) is 3.24. The van der Waals surface area contributed by atoms with E-state index in [2.05, 4.69) is 0 Å². The maximum absolute atomic E-state index is 1.62. The van der Waals surface area contributed by atoms with Gasteiger partial charge in [-0.15, -0.1) is 0 Å². The van der Waals surface area contributed by atoms with E-state index in [0.717, 1.165) is 0 Å². The summed E-state index contributed by atoms with van der Waals surface area (Å²) in [5, 5.41) is 0. The SMILES string of the molecule is C1C2CC3C1C23. The Kier molecular flexibility index (Phi) is 0.159. The highest BCUT2D eigenvalue weighted by molar-refractivity contribution is 5.19. The molecular formula is C6H8. The van der Waals surface area contributed by atoms with Crippen LogP contribution in [0.5, 0.6) is 0 Å². The molecule has 3 aliphatic carbocycles. The molecular weight excluding hydrogens is 72.1 g/mol. The highest BCUT2D eigenvalue weighted by atomic mass is 14.8. The second kappa shape index (κ2) is 0.408. The van der Waals surface area contributed by atoms with Gasteiger partial charge in [0.1, 0.15) is 0 Å². The van der Waals surface area contributed by atoms with E-state index < -0.39 is 0 Å². The van der Waals surface area contributed by atoms with Crippen molar-refractivity contribution in [3.05, 3.63) is 0 Å². The predicted molar refractivity (Wildman–Crippen MR) is 23.2 cm³/mol. The molecule has 2 atom stereocenters. The van der Waals surface area contributed by atoms with E-state index in [-0.39, 0.29) is 0 Å². The summed E-state index contributed by atoms with van der Waals surface area (Å²) in [6, 6.07) is 0. The normalized spacial score (nSPS) is 80.0. The average molecular weight is 80.1 g/mol. The Morgan fingerprint density at radius 2 is 1.67 bits per heavy atom. The number of hydrogen-bond donors (Lipinski definition) is 0. The van der Waals surface area contributed by atoms with Gasteiger partial charge < -0.3 is 0 Å². The summed E-state index contributed by atoms with van der Waals surface area (Å²) < 4.78 is 0. The Morgan fingerprint density at radius 3 is 1.67 bits per heavy atom. The summed E-state index contributed by atoms with van der Waals surface area (Å²) in [5.74, 6) is 5.09. The van der Waals surface area contributed by atoms with Crippen LogP contribution in [0.3, 0.4) is 0 Å². The lowest BCUT2D eigenvalue weighted by atomic mass is 9.79. The van der Waals surface area contributed by atoms with Crippen molar-refractivity contribution in [3.8, 4) is 0 Å². The number of fused-ring (bicyclic) bond motifs is 1. The molecule has 0 N–H and O–H groups in total. The summed E-state index contributed by atoms with van der Waals surface area (Å²) in [4.78, 5) is 0. The van der Waals surface area contributed by atoms with Crippen molar-refractivity contribution in [1.82, 2.24) is 0 Å². The molecule has 32 valence electrons. The molecule has 0 aromatic carbocycles. The maximum Gasteiger partial charge on any atom is -0.0323 e. The molecule has 3 fully saturated rings. The second-order valence-corrected chi connectivity index (χ2v) is 3.14. The largest absolute Gasteiger partial charge is 0.0467 e. The first kappa shape index (κ1) is 2.34. The molecule has 2 unspecified atom stereocenters. The minimum absolute atomic E-state index is 1.25. The quantitative estimate of drug-likeness (QED) is 0.411. The van der Waals surface area contributed by atoms with Crippen LogP contribution in [-0.2, 0) is 0 Å². The van der Waals surface area contributed by atoms with Crippen molar-refractivity contribution in [2.75, 3.05) is 0 Å². The van der Waals surface area contributed by atoms with Gasteiger partial charge in [0.2, 0.25) is 0 Å². The lowest BCUT2D eigenvalue weighted by Crippen LogP contribution is -2.18. The van der Waals surface area contributed by atoms with Crippen LogP contribution in [0.15, 0.2) is 0 Å². The lowest BCUT2D eigenvalue weighted by Gasteiger charge is -2.26. The Balaban J connectivity index is 2.21. The molecule has 0 heteroatoms. The third-order valence-corrected chi connectivity index (χ3v) is 3.09. The molecule has 6 heavy (non-hydrogen) atoms. The first-order valence-corrected chi connectivity index (χ1v) is 2.97. The van der Waals surface area contributed by atoms with Gasteiger partial charge in [0, 0.05) is 0 Å². The predicted octanol–water partition coefficient (Wildman–Crippen LogP) is 1.27. The maximum atomic E-state index is 1.62. The van der Waals surface area contributed by atoms with Crippen LogP contribution < -0.4 is 0 Å². The van der Waals surface area contributed by atoms with E-state index in [9.17, 15) is 0 Å². The zero-order valence-corrected chi connectivity index (χ0v) is 3.72. The summed E-state index contributed by atoms with van der Waals surface area (Å²) in [6.45, 7) is 0. The molecule has 0 radical (unpaired) electrons. The van der Waals surface area contributed by atoms with Crippen molar-refractivity contribution < 1.29 is 0 Å². The molecule has 0 amide bonds. The van der Waals surface area contributed by atoms with E-state index in [4.69, 9.17) is 0 Å². The fraction of sp³-hybridized carbons (Fsp3) is 1.00. The Labute approximate surface area is 37.5 Å². The molecule has 0 aliphatic heterocycles. The molecule has 0 saturated heterocycles. The summed E-state index contributed by atoms with van der Waals surface area (Å²) in [7, 11) is 0. The minimum atomic E-state index is 1.25. The van der Waals surface area contributed by atoms with E-state index in [1.165, 1.54) is 23.7 Å². The molecule has 3 rings (SSSR count). The second-order valence-electron chi connectivity index (χ2n) is 3.14.